The third-order valence-electron chi connectivity index (χ3n) is 21.9. The zero-order valence-corrected chi connectivity index (χ0v) is 75.4. The Balaban J connectivity index is -0.0000000278. The number of hydrogen-bond donors (Lipinski definition) is 15. The summed E-state index contributed by atoms with van der Waals surface area (Å²) < 4.78 is 0. The predicted molar refractivity (Wildman–Crippen MR) is 600 cm³/mol. The maximum absolute atomic E-state index is 10.4. The van der Waals surface area contributed by atoms with Gasteiger partial charge in [-0.2, -0.15) is 0 Å². The number of nitrogens with zero attached hydrogens (tertiary/aromatic N) is 1. The van der Waals surface area contributed by atoms with Crippen LogP contribution < -0.4 is 39.3 Å². The standard InChI is InChI=1S/C13H29NOSi.C10H26N2Si.2C10H27NO2Si2.C10H22OSi.C9H24N2OSi.C7H19NOSi.23CH4/c1-5-8-10-13(4)14-11-9-12-16(15,6-2)7-3;1-4-13(3,5-2)10-6-8-12-9-7-11;1-4-14(3,12)9-10-15(13,5-2)8-6-7-11;1-4-14(3,8-6-7-11)9-10-15(12,13)5-2;1-3-12(11,4-2)10-8-6-5-7-9-10;1-3-13(12,4-2)9-5-7-11-8-6-10;1-3-10(9,4-2)7-5-6-8;;;;;;;;;;;;;;;;;;;;;;;/h15H,5-12H2,1-4H3;12H,4-11H2,1-3H3;2*12-13H,4-11H2,1-3H3;10-11H,3-9H2,1-2H3;11-12H,3-10H2,1-2H3;9H,3-8H2,1-2H3;23*1H4. The van der Waals surface area contributed by atoms with Crippen molar-refractivity contribution in [2.75, 3.05) is 65.4 Å². The molecular formula is C92H266N8O8Si9. The highest BCUT2D eigenvalue weighted by atomic mass is 28.4. The molecule has 1 saturated carbocycles. The fraction of sp³-hybridized carbons (Fsp3) is 0.989. The lowest BCUT2D eigenvalue weighted by atomic mass is 10.0. The maximum atomic E-state index is 10.4. The van der Waals surface area contributed by atoms with Gasteiger partial charge in [-0.3, -0.25) is 4.99 Å². The minimum Gasteiger partial charge on any atom is -0.432 e. The van der Waals surface area contributed by atoms with Crippen LogP contribution in [-0.2, 0) is 0 Å². The van der Waals surface area contributed by atoms with Crippen molar-refractivity contribution in [1.82, 2.24) is 10.6 Å². The molecule has 0 saturated heterocycles. The molecule has 1 aliphatic rings. The van der Waals surface area contributed by atoms with Gasteiger partial charge in [0.15, 0.2) is 49.9 Å². The summed E-state index contributed by atoms with van der Waals surface area (Å²) in [7, 11) is -16.3. The second-order valence-electron chi connectivity index (χ2n) is 29.2. The average Bonchev–Trinajstić information content (AvgIpc) is 0.852. The highest BCUT2D eigenvalue weighted by Gasteiger charge is 2.38. The monoisotopic (exact) mass is 1860 g/mol. The van der Waals surface area contributed by atoms with Crippen LogP contribution in [0.3, 0.4) is 0 Å². The first kappa shape index (κ1) is 204. The zero-order valence-electron chi connectivity index (χ0n) is 66.4. The smallest absolute Gasteiger partial charge is 0.332 e. The van der Waals surface area contributed by atoms with E-state index < -0.39 is 74.6 Å². The van der Waals surface area contributed by atoms with Crippen LogP contribution in [0.2, 0.25) is 170 Å². The Morgan fingerprint density at radius 2 is 0.607 bits per heavy atom. The lowest BCUT2D eigenvalue weighted by Crippen LogP contribution is -2.39. The van der Waals surface area contributed by atoms with Gasteiger partial charge in [0.1, 0.15) is 0 Å². The van der Waals surface area contributed by atoms with Gasteiger partial charge in [0, 0.05) is 46.5 Å². The molecule has 117 heavy (non-hydrogen) atoms. The summed E-state index contributed by atoms with van der Waals surface area (Å²) in [5.74, 6) is 0. The minimum absolute atomic E-state index is 0. The van der Waals surface area contributed by atoms with E-state index in [9.17, 15) is 38.4 Å². The number of aliphatic imine (C=N–C) groups is 1. The molecule has 0 aromatic carbocycles. The van der Waals surface area contributed by atoms with E-state index in [4.69, 9.17) is 28.7 Å². The number of nitrogens with two attached hydrogens (primary N) is 5. The van der Waals surface area contributed by atoms with Crippen molar-refractivity contribution in [2.24, 2.45) is 33.7 Å². The summed E-state index contributed by atoms with van der Waals surface area (Å²) in [6.07, 6.45) is 16.9. The van der Waals surface area contributed by atoms with Crippen LogP contribution in [0.1, 0.15) is 371 Å². The van der Waals surface area contributed by atoms with Crippen molar-refractivity contribution in [2.45, 2.75) is 542 Å². The van der Waals surface area contributed by atoms with Gasteiger partial charge in [-0.05, 0) is 212 Å². The second-order valence-corrected chi connectivity index (χ2v) is 69.1. The van der Waals surface area contributed by atoms with Gasteiger partial charge < -0.3 is 77.7 Å². The average molecular weight is 1870 g/mol. The highest BCUT2D eigenvalue weighted by molar-refractivity contribution is 6.80. The molecule has 0 aliphatic heterocycles. The zero-order chi connectivity index (χ0) is 73.7. The predicted octanol–water partition coefficient (Wildman–Crippen LogP) is 30.0. The molecule has 0 heterocycles. The minimum atomic E-state index is -2.84. The summed E-state index contributed by atoms with van der Waals surface area (Å²) >= 11 is 0. The van der Waals surface area contributed by atoms with Crippen molar-refractivity contribution < 1.29 is 38.4 Å². The van der Waals surface area contributed by atoms with Gasteiger partial charge in [-0.15, -0.1) is 0 Å². The molecule has 0 radical (unpaired) electrons. The number of nitrogens with one attached hydrogen (secondary N) is 2. The fourth-order valence-corrected chi connectivity index (χ4v) is 35.5. The van der Waals surface area contributed by atoms with E-state index in [1.54, 1.807) is 0 Å². The topological polar surface area (TPSA) is 328 Å². The Kier molecular flexibility index (Phi) is 219. The fourth-order valence-electron chi connectivity index (χ4n) is 11.4. The summed E-state index contributed by atoms with van der Waals surface area (Å²) in [4.78, 5) is 84.9. The highest BCUT2D eigenvalue weighted by Crippen LogP contribution is 2.39. The van der Waals surface area contributed by atoms with E-state index in [0.717, 1.165) is 199 Å². The largest absolute Gasteiger partial charge is 0.432 e. The molecule has 758 valence electrons. The van der Waals surface area contributed by atoms with E-state index in [1.807, 2.05) is 20.4 Å². The molecule has 0 spiro atoms. The van der Waals surface area contributed by atoms with E-state index in [-0.39, 0.29) is 171 Å². The normalized spacial score (nSPS) is 12.3. The van der Waals surface area contributed by atoms with Crippen molar-refractivity contribution >= 4 is 80.3 Å². The van der Waals surface area contributed by atoms with Crippen LogP contribution >= 0.6 is 0 Å². The second kappa shape index (κ2) is 126. The maximum Gasteiger partial charge on any atom is 0.332 e. The molecule has 25 heteroatoms. The van der Waals surface area contributed by atoms with Crippen LogP contribution in [-0.4, -0.2) is 184 Å². The van der Waals surface area contributed by atoms with Crippen LogP contribution in [0, 0.1) is 0 Å². The molecule has 16 nitrogen and oxygen atoms in total. The van der Waals surface area contributed by atoms with Gasteiger partial charge >= 0.3 is 8.56 Å². The molecule has 0 bridgehead atoms. The molecule has 0 amide bonds. The summed E-state index contributed by atoms with van der Waals surface area (Å²) in [5.41, 5.74) is 29.1. The van der Waals surface area contributed by atoms with Crippen molar-refractivity contribution in [3.63, 3.8) is 0 Å². The molecule has 0 aromatic rings. The first-order chi connectivity index (χ1) is 44.1. The summed E-state index contributed by atoms with van der Waals surface area (Å²) in [6.45, 7) is 49.5. The molecule has 1 fully saturated rings. The van der Waals surface area contributed by atoms with Gasteiger partial charge in [0.25, 0.3) is 0 Å². The molecule has 3 unspecified atom stereocenters. The van der Waals surface area contributed by atoms with E-state index >= 15 is 0 Å². The van der Waals surface area contributed by atoms with Crippen molar-refractivity contribution in [1.29, 1.82) is 0 Å². The van der Waals surface area contributed by atoms with Crippen molar-refractivity contribution in [3.05, 3.63) is 0 Å². The number of rotatable bonds is 49. The summed E-state index contributed by atoms with van der Waals surface area (Å²) in [6, 6.07) is 24.5. The van der Waals surface area contributed by atoms with Gasteiger partial charge in [0.05, 0.1) is 8.07 Å². The Morgan fingerprint density at radius 1 is 0.299 bits per heavy atom. The third kappa shape index (κ3) is 119. The molecule has 0 aromatic heterocycles. The molecule has 3 atom stereocenters. The lowest BCUT2D eigenvalue weighted by molar-refractivity contribution is 0.362. The van der Waals surface area contributed by atoms with E-state index in [0.29, 0.717) is 25.2 Å². The van der Waals surface area contributed by atoms with Gasteiger partial charge in [-0.1, -0.05) is 363 Å². The third-order valence-corrected chi connectivity index (χ3v) is 57.7. The van der Waals surface area contributed by atoms with Crippen LogP contribution in [0.15, 0.2) is 4.99 Å². The summed E-state index contributed by atoms with van der Waals surface area (Å²) in [5, 5.41) is 6.59. The number of unbranched alkanes of at least 4 members (excludes halogenated alkanes) is 1. The SMILES string of the molecule is C.C.C.C.C.C.C.C.C.C.C.C.C.C.C.C.C.C.C.C.C.C.C.CCCCC(C)=NCCC[Si](O)(CC)CC.CC[Si](C)(CC)CCCNCCN.CC[Si](C)(O)CC[Si](O)(CC)CCCN.CC[Si](O)(CC)C1CCCCC1.CC[Si](O)(CC)CCCN.CC[Si](O)(CC)CCCNCCN.CC[Si](O)(O)CC[Si](C)(CC)CCCN. The van der Waals surface area contributed by atoms with E-state index in [2.05, 4.69) is 126 Å². The molecule has 1 aliphatic carbocycles. The van der Waals surface area contributed by atoms with E-state index in [1.165, 1.54) is 87.3 Å². The lowest BCUT2D eigenvalue weighted by Gasteiger charge is -2.34. The van der Waals surface area contributed by atoms with Crippen LogP contribution in [0.4, 0.5) is 0 Å². The Morgan fingerprint density at radius 3 is 0.897 bits per heavy atom. The van der Waals surface area contributed by atoms with Crippen molar-refractivity contribution in [3.8, 4) is 0 Å². The Labute approximate surface area is 765 Å². The molecular weight excluding hydrogens is 1600 g/mol. The Bertz CT molecular complexity index is 1590. The molecule has 20 N–H and O–H groups in total. The van der Waals surface area contributed by atoms with Crippen LogP contribution in [0.5, 0.6) is 0 Å². The number of hydrogen-bond acceptors (Lipinski definition) is 16. The first-order valence-electron chi connectivity index (χ1n) is 39.3. The van der Waals surface area contributed by atoms with Gasteiger partial charge in [0.2, 0.25) is 0 Å². The first-order valence-corrected chi connectivity index (χ1v) is 63.5. The Hall–Kier alpha value is 1.02. The quantitative estimate of drug-likeness (QED) is 0.0153. The molecule has 1 rings (SSSR count). The van der Waals surface area contributed by atoms with Gasteiger partial charge in [-0.25, -0.2) is 0 Å². The van der Waals surface area contributed by atoms with Crippen LogP contribution in [0.25, 0.3) is 0 Å².